The van der Waals surface area contributed by atoms with Crippen molar-refractivity contribution in [2.75, 3.05) is 6.61 Å². The van der Waals surface area contributed by atoms with Crippen molar-refractivity contribution in [3.63, 3.8) is 0 Å². The molecule has 17 heavy (non-hydrogen) atoms. The van der Waals surface area contributed by atoms with Crippen molar-refractivity contribution in [3.05, 3.63) is 48.0 Å². The number of hydrogen-bond donors (Lipinski definition) is 0. The number of hydrogen-bond acceptors (Lipinski definition) is 1. The fourth-order valence-electron chi connectivity index (χ4n) is 1.74. The maximum Gasteiger partial charge on any atom is 0.0716 e. The van der Waals surface area contributed by atoms with Crippen LogP contribution in [0.5, 0.6) is 0 Å². The fraction of sp³-hybridized carbons (Fsp3) is 0.500. The summed E-state index contributed by atoms with van der Waals surface area (Å²) in [6.07, 6.45) is 8.04. The van der Waals surface area contributed by atoms with Crippen LogP contribution >= 0.6 is 0 Å². The Bertz CT molecular complexity index is 303. The van der Waals surface area contributed by atoms with Crippen molar-refractivity contribution in [2.45, 2.75) is 39.7 Å². The molecule has 1 aromatic carbocycles. The molecule has 0 fully saturated rings. The van der Waals surface area contributed by atoms with E-state index in [2.05, 4.69) is 50.3 Å². The van der Waals surface area contributed by atoms with E-state index in [0.717, 1.165) is 26.1 Å². The minimum Gasteiger partial charge on any atom is -0.377 e. The molecule has 0 bridgehead atoms. The van der Waals surface area contributed by atoms with Gasteiger partial charge in [0, 0.05) is 6.61 Å². The van der Waals surface area contributed by atoms with Gasteiger partial charge in [0.05, 0.1) is 6.61 Å². The van der Waals surface area contributed by atoms with Crippen LogP contribution in [0, 0.1) is 5.92 Å². The highest BCUT2D eigenvalue weighted by Gasteiger charge is 1.97. The van der Waals surface area contributed by atoms with Gasteiger partial charge in [0.2, 0.25) is 0 Å². The molecule has 0 aliphatic rings. The van der Waals surface area contributed by atoms with Gasteiger partial charge >= 0.3 is 0 Å². The zero-order valence-corrected chi connectivity index (χ0v) is 11.1. The van der Waals surface area contributed by atoms with Gasteiger partial charge in [0.15, 0.2) is 0 Å². The molecule has 0 aromatic heterocycles. The van der Waals surface area contributed by atoms with Crippen LogP contribution in [0.4, 0.5) is 0 Å². The Morgan fingerprint density at radius 2 is 2.00 bits per heavy atom. The van der Waals surface area contributed by atoms with Gasteiger partial charge < -0.3 is 4.74 Å². The molecule has 0 saturated carbocycles. The molecule has 0 aliphatic carbocycles. The lowest BCUT2D eigenvalue weighted by molar-refractivity contribution is 0.115. The average molecular weight is 232 g/mol. The summed E-state index contributed by atoms with van der Waals surface area (Å²) >= 11 is 0. The molecule has 0 spiro atoms. The van der Waals surface area contributed by atoms with Crippen molar-refractivity contribution in [3.8, 4) is 0 Å². The second-order valence-electron chi connectivity index (χ2n) is 4.49. The third kappa shape index (κ3) is 6.96. The van der Waals surface area contributed by atoms with Crippen molar-refractivity contribution >= 4 is 0 Å². The summed E-state index contributed by atoms with van der Waals surface area (Å²) in [5, 5.41) is 0. The molecule has 1 heteroatoms. The van der Waals surface area contributed by atoms with E-state index in [-0.39, 0.29) is 0 Å². The molecule has 0 amide bonds. The molecule has 1 rings (SSSR count). The van der Waals surface area contributed by atoms with Crippen molar-refractivity contribution in [1.82, 2.24) is 0 Å². The van der Waals surface area contributed by atoms with Crippen LogP contribution in [0.3, 0.4) is 0 Å². The molecule has 1 aromatic rings. The molecule has 1 atom stereocenters. The van der Waals surface area contributed by atoms with E-state index in [1.165, 1.54) is 12.0 Å². The minimum absolute atomic E-state index is 0.676. The molecule has 1 nitrogen and oxygen atoms in total. The van der Waals surface area contributed by atoms with E-state index in [1.807, 2.05) is 6.07 Å². The van der Waals surface area contributed by atoms with Crippen LogP contribution in [0.15, 0.2) is 42.5 Å². The Kier molecular flexibility index (Phi) is 7.40. The van der Waals surface area contributed by atoms with Crippen LogP contribution in [0.2, 0.25) is 0 Å². The Morgan fingerprint density at radius 1 is 1.24 bits per heavy atom. The largest absolute Gasteiger partial charge is 0.377 e. The summed E-state index contributed by atoms with van der Waals surface area (Å²) in [7, 11) is 0. The Hall–Kier alpha value is -1.08. The molecule has 0 aliphatic heterocycles. The van der Waals surface area contributed by atoms with Gasteiger partial charge in [-0.05, 0) is 30.7 Å². The third-order valence-corrected chi connectivity index (χ3v) is 2.76. The second kappa shape index (κ2) is 9.00. The predicted molar refractivity (Wildman–Crippen MR) is 73.9 cm³/mol. The molecule has 94 valence electrons. The molecule has 1 unspecified atom stereocenters. The maximum absolute atomic E-state index is 5.65. The van der Waals surface area contributed by atoms with Gasteiger partial charge in [0.25, 0.3) is 0 Å². The van der Waals surface area contributed by atoms with E-state index >= 15 is 0 Å². The van der Waals surface area contributed by atoms with E-state index in [9.17, 15) is 0 Å². The Balaban J connectivity index is 2.03. The average Bonchev–Trinajstić information content (AvgIpc) is 2.37. The highest BCUT2D eigenvalue weighted by atomic mass is 16.5. The molecular formula is C16H24O. The summed E-state index contributed by atoms with van der Waals surface area (Å²) < 4.78 is 5.65. The van der Waals surface area contributed by atoms with Crippen LogP contribution < -0.4 is 0 Å². The molecule has 0 radical (unpaired) electrons. The maximum atomic E-state index is 5.65. The number of rotatable bonds is 8. The van der Waals surface area contributed by atoms with Gasteiger partial charge in [-0.2, -0.15) is 0 Å². The molecule has 0 N–H and O–H groups in total. The Labute approximate surface area is 106 Å². The van der Waals surface area contributed by atoms with Crippen LogP contribution in [-0.4, -0.2) is 6.61 Å². The highest BCUT2D eigenvalue weighted by molar-refractivity contribution is 5.13. The van der Waals surface area contributed by atoms with E-state index in [1.54, 1.807) is 0 Å². The topological polar surface area (TPSA) is 9.23 Å². The zero-order valence-electron chi connectivity index (χ0n) is 11.1. The van der Waals surface area contributed by atoms with Crippen LogP contribution in [0.1, 0.15) is 38.7 Å². The zero-order chi connectivity index (χ0) is 12.3. The van der Waals surface area contributed by atoms with Crippen molar-refractivity contribution in [2.24, 2.45) is 5.92 Å². The SMILES string of the molecule is CC/C=C/C(C)CCCOCc1ccccc1. The quantitative estimate of drug-likeness (QED) is 0.470. The molecule has 0 heterocycles. The molecule has 0 saturated heterocycles. The first-order chi connectivity index (χ1) is 8.33. The van der Waals surface area contributed by atoms with E-state index in [4.69, 9.17) is 4.74 Å². The van der Waals surface area contributed by atoms with Gasteiger partial charge in [-0.25, -0.2) is 0 Å². The van der Waals surface area contributed by atoms with Gasteiger partial charge in [-0.1, -0.05) is 56.3 Å². The van der Waals surface area contributed by atoms with Crippen molar-refractivity contribution in [1.29, 1.82) is 0 Å². The highest BCUT2D eigenvalue weighted by Crippen LogP contribution is 2.08. The summed E-state index contributed by atoms with van der Waals surface area (Å²) in [6.45, 7) is 6.04. The monoisotopic (exact) mass is 232 g/mol. The first kappa shape index (κ1) is 14.0. The summed E-state index contributed by atoms with van der Waals surface area (Å²) in [6, 6.07) is 10.3. The number of ether oxygens (including phenoxy) is 1. The minimum atomic E-state index is 0.676. The summed E-state index contributed by atoms with van der Waals surface area (Å²) in [5.41, 5.74) is 1.26. The first-order valence-electron chi connectivity index (χ1n) is 6.61. The standard InChI is InChI=1S/C16H24O/c1-3-4-9-15(2)10-8-13-17-14-16-11-6-5-7-12-16/h4-7,9,11-12,15H,3,8,10,13-14H2,1-2H3/b9-4+. The molecular weight excluding hydrogens is 208 g/mol. The number of benzene rings is 1. The van der Waals surface area contributed by atoms with Crippen molar-refractivity contribution < 1.29 is 4.74 Å². The third-order valence-electron chi connectivity index (χ3n) is 2.76. The lowest BCUT2D eigenvalue weighted by atomic mass is 10.1. The van der Waals surface area contributed by atoms with E-state index in [0.29, 0.717) is 5.92 Å². The van der Waals surface area contributed by atoms with Crippen LogP contribution in [0.25, 0.3) is 0 Å². The summed E-state index contributed by atoms with van der Waals surface area (Å²) in [5.74, 6) is 0.676. The second-order valence-corrected chi connectivity index (χ2v) is 4.49. The predicted octanol–water partition coefficient (Wildman–Crippen LogP) is 4.59. The number of allylic oxidation sites excluding steroid dienone is 2. The van der Waals surface area contributed by atoms with Gasteiger partial charge in [0.1, 0.15) is 0 Å². The van der Waals surface area contributed by atoms with Gasteiger partial charge in [-0.15, -0.1) is 0 Å². The first-order valence-corrected chi connectivity index (χ1v) is 6.61. The lowest BCUT2D eigenvalue weighted by Crippen LogP contribution is -1.98. The smallest absolute Gasteiger partial charge is 0.0716 e. The van der Waals surface area contributed by atoms with Gasteiger partial charge in [-0.3, -0.25) is 0 Å². The lowest BCUT2D eigenvalue weighted by Gasteiger charge is -2.07. The van der Waals surface area contributed by atoms with Crippen LogP contribution in [-0.2, 0) is 11.3 Å². The fourth-order valence-corrected chi connectivity index (χ4v) is 1.74. The van der Waals surface area contributed by atoms with E-state index < -0.39 is 0 Å². The Morgan fingerprint density at radius 3 is 2.71 bits per heavy atom. The summed E-state index contributed by atoms with van der Waals surface area (Å²) in [4.78, 5) is 0. The normalized spacial score (nSPS) is 13.1.